The maximum Gasteiger partial charge on any atom is 0.227 e. The topological polar surface area (TPSA) is 103 Å². The van der Waals surface area contributed by atoms with Crippen LogP contribution >= 0.6 is 0 Å². The van der Waals surface area contributed by atoms with Gasteiger partial charge in [0.15, 0.2) is 0 Å². The Morgan fingerprint density at radius 2 is 1.74 bits per heavy atom. The highest BCUT2D eigenvalue weighted by atomic mass is 16.1. The fourth-order valence-corrected chi connectivity index (χ4v) is 6.23. The van der Waals surface area contributed by atoms with E-state index in [0.717, 1.165) is 88.9 Å². The molecule has 0 spiro atoms. The smallest absolute Gasteiger partial charge is 0.227 e. The van der Waals surface area contributed by atoms with E-state index in [0.29, 0.717) is 0 Å². The monoisotopic (exact) mass is 519 g/mol. The maximum absolute atomic E-state index is 12.8. The van der Waals surface area contributed by atoms with Gasteiger partial charge in [-0.1, -0.05) is 25.3 Å². The molecule has 0 unspecified atom stereocenters. The Kier molecular flexibility index (Phi) is 6.23. The summed E-state index contributed by atoms with van der Waals surface area (Å²) < 4.78 is 0. The van der Waals surface area contributed by atoms with E-state index in [1.165, 1.54) is 31.4 Å². The van der Waals surface area contributed by atoms with Gasteiger partial charge in [0.05, 0.1) is 23.1 Å². The normalized spacial score (nSPS) is 16.7. The molecule has 4 aromatic heterocycles. The molecule has 8 nitrogen and oxygen atoms in total. The Balaban J connectivity index is 1.20. The minimum Gasteiger partial charge on any atom is -0.371 e. The molecule has 39 heavy (non-hydrogen) atoms. The zero-order valence-corrected chi connectivity index (χ0v) is 22.0. The van der Waals surface area contributed by atoms with E-state index in [1.807, 2.05) is 18.5 Å². The SMILES string of the molecule is O=C(Nc1cncc(-c2ccc3[nH]nc(-c4cc5c(N6CCCCC6)ccnc5[nH]4)c3c2)c1)C1CCCCC1. The standard InChI is InChI=1S/C31H33N7O/c39-31(20-7-3-1-4-8-20)34-23-15-22(18-32-19-23)21-9-10-26-24(16-21)29(37-36-26)27-17-25-28(11-12-33-30(25)35-27)38-13-5-2-6-14-38/h9-12,15-20H,1-8,13-14H2,(H,33,35)(H,34,39)(H,36,37). The van der Waals surface area contributed by atoms with Crippen LogP contribution < -0.4 is 10.2 Å². The predicted octanol–water partition coefficient (Wildman–Crippen LogP) is 6.68. The number of carbonyl (C=O) groups is 1. The summed E-state index contributed by atoms with van der Waals surface area (Å²) in [5.74, 6) is 0.214. The van der Waals surface area contributed by atoms with Gasteiger partial charge in [-0.05, 0) is 68.0 Å². The number of anilines is 2. The molecule has 1 saturated heterocycles. The lowest BCUT2D eigenvalue weighted by molar-refractivity contribution is -0.120. The first-order valence-corrected chi connectivity index (χ1v) is 14.2. The lowest BCUT2D eigenvalue weighted by atomic mass is 9.88. The zero-order chi connectivity index (χ0) is 26.2. The molecule has 3 N–H and O–H groups in total. The fourth-order valence-electron chi connectivity index (χ4n) is 6.23. The van der Waals surface area contributed by atoms with Gasteiger partial charge in [-0.3, -0.25) is 14.9 Å². The van der Waals surface area contributed by atoms with Crippen LogP contribution in [-0.4, -0.2) is 44.1 Å². The van der Waals surface area contributed by atoms with Crippen LogP contribution in [0.5, 0.6) is 0 Å². The van der Waals surface area contributed by atoms with E-state index in [4.69, 9.17) is 0 Å². The van der Waals surface area contributed by atoms with Gasteiger partial charge in [0.1, 0.15) is 11.3 Å². The van der Waals surface area contributed by atoms with Crippen molar-refractivity contribution < 1.29 is 4.79 Å². The molecule has 2 fully saturated rings. The minimum atomic E-state index is 0.105. The van der Waals surface area contributed by atoms with Gasteiger partial charge in [0.2, 0.25) is 5.91 Å². The van der Waals surface area contributed by atoms with Crippen LogP contribution in [-0.2, 0) is 4.79 Å². The van der Waals surface area contributed by atoms with Crippen molar-refractivity contribution in [2.45, 2.75) is 51.4 Å². The summed E-state index contributed by atoms with van der Waals surface area (Å²) in [6.07, 6.45) is 14.7. The number of pyridine rings is 2. The van der Waals surface area contributed by atoms with E-state index in [2.05, 4.69) is 65.7 Å². The second-order valence-electron chi connectivity index (χ2n) is 10.9. The summed E-state index contributed by atoms with van der Waals surface area (Å²) in [4.78, 5) is 27.8. The number of nitrogens with zero attached hydrogens (tertiary/aromatic N) is 4. The zero-order valence-electron chi connectivity index (χ0n) is 22.0. The van der Waals surface area contributed by atoms with Crippen molar-refractivity contribution in [2.75, 3.05) is 23.3 Å². The number of H-pyrrole nitrogens is 2. The van der Waals surface area contributed by atoms with Crippen molar-refractivity contribution in [3.8, 4) is 22.5 Å². The highest BCUT2D eigenvalue weighted by molar-refractivity contribution is 6.00. The number of hydrogen-bond acceptors (Lipinski definition) is 5. The van der Waals surface area contributed by atoms with Gasteiger partial charge in [-0.15, -0.1) is 0 Å². The number of amides is 1. The second kappa shape index (κ2) is 10.2. The Hall–Kier alpha value is -4.20. The highest BCUT2D eigenvalue weighted by Gasteiger charge is 2.22. The minimum absolute atomic E-state index is 0.105. The van der Waals surface area contributed by atoms with Gasteiger partial charge in [-0.25, -0.2) is 4.98 Å². The summed E-state index contributed by atoms with van der Waals surface area (Å²) in [5.41, 5.74) is 7.60. The van der Waals surface area contributed by atoms with Crippen LogP contribution in [0.4, 0.5) is 11.4 Å². The predicted molar refractivity (Wildman–Crippen MR) is 156 cm³/mol. The molecular formula is C31H33N7O. The molecule has 0 atom stereocenters. The third-order valence-corrected chi connectivity index (χ3v) is 8.34. The van der Waals surface area contributed by atoms with Crippen LogP contribution in [0.25, 0.3) is 44.5 Å². The fraction of sp³-hybridized carbons (Fsp3) is 0.355. The molecule has 1 aromatic carbocycles. The second-order valence-corrected chi connectivity index (χ2v) is 10.9. The van der Waals surface area contributed by atoms with E-state index in [9.17, 15) is 4.79 Å². The van der Waals surface area contributed by atoms with Gasteiger partial charge >= 0.3 is 0 Å². The molecule has 5 aromatic rings. The lowest BCUT2D eigenvalue weighted by Gasteiger charge is -2.29. The molecule has 198 valence electrons. The third-order valence-electron chi connectivity index (χ3n) is 8.34. The Morgan fingerprint density at radius 3 is 2.62 bits per heavy atom. The van der Waals surface area contributed by atoms with Gasteiger partial charge in [0.25, 0.3) is 0 Å². The summed E-state index contributed by atoms with van der Waals surface area (Å²) >= 11 is 0. The van der Waals surface area contributed by atoms with Crippen molar-refractivity contribution in [3.05, 3.63) is 55.0 Å². The summed E-state index contributed by atoms with van der Waals surface area (Å²) in [5, 5.41) is 13.1. The number of rotatable bonds is 5. The molecule has 2 aliphatic rings. The maximum atomic E-state index is 12.8. The molecular weight excluding hydrogens is 486 g/mol. The summed E-state index contributed by atoms with van der Waals surface area (Å²) in [7, 11) is 0. The number of nitrogens with one attached hydrogen (secondary N) is 3. The first kappa shape index (κ1) is 23.9. The van der Waals surface area contributed by atoms with Crippen molar-refractivity contribution in [1.82, 2.24) is 25.1 Å². The number of carbonyl (C=O) groups excluding carboxylic acids is 1. The van der Waals surface area contributed by atoms with Crippen LogP contribution in [0, 0.1) is 5.92 Å². The number of aromatic nitrogens is 5. The lowest BCUT2D eigenvalue weighted by Crippen LogP contribution is -2.29. The van der Waals surface area contributed by atoms with E-state index in [1.54, 1.807) is 6.20 Å². The Bertz CT molecular complexity index is 1640. The molecule has 7 rings (SSSR count). The number of piperidine rings is 1. The largest absolute Gasteiger partial charge is 0.371 e. The van der Waals surface area contributed by atoms with Gasteiger partial charge in [-0.2, -0.15) is 5.10 Å². The average molecular weight is 520 g/mol. The molecule has 0 radical (unpaired) electrons. The molecule has 1 aliphatic heterocycles. The number of benzene rings is 1. The van der Waals surface area contributed by atoms with Crippen LogP contribution in [0.15, 0.2) is 55.0 Å². The van der Waals surface area contributed by atoms with Gasteiger partial charge < -0.3 is 15.2 Å². The van der Waals surface area contributed by atoms with E-state index < -0.39 is 0 Å². The van der Waals surface area contributed by atoms with Crippen LogP contribution in [0.3, 0.4) is 0 Å². The first-order valence-electron chi connectivity index (χ1n) is 14.2. The Labute approximate surface area is 227 Å². The van der Waals surface area contributed by atoms with Crippen molar-refractivity contribution in [1.29, 1.82) is 0 Å². The molecule has 5 heterocycles. The Morgan fingerprint density at radius 1 is 0.897 bits per heavy atom. The van der Waals surface area contributed by atoms with Crippen molar-refractivity contribution in [3.63, 3.8) is 0 Å². The molecule has 1 saturated carbocycles. The number of aromatic amines is 2. The van der Waals surface area contributed by atoms with E-state index in [-0.39, 0.29) is 11.8 Å². The van der Waals surface area contributed by atoms with Crippen molar-refractivity contribution >= 4 is 39.2 Å². The number of fused-ring (bicyclic) bond motifs is 2. The van der Waals surface area contributed by atoms with Gasteiger partial charge in [0, 0.05) is 53.4 Å². The summed E-state index contributed by atoms with van der Waals surface area (Å²) in [6, 6.07) is 12.6. The summed E-state index contributed by atoms with van der Waals surface area (Å²) in [6.45, 7) is 2.17. The van der Waals surface area contributed by atoms with Crippen LogP contribution in [0.1, 0.15) is 51.4 Å². The van der Waals surface area contributed by atoms with Crippen LogP contribution in [0.2, 0.25) is 0 Å². The molecule has 1 aliphatic carbocycles. The average Bonchev–Trinajstić information content (AvgIpc) is 3.62. The quantitative estimate of drug-likeness (QED) is 0.240. The highest BCUT2D eigenvalue weighted by Crippen LogP contribution is 2.35. The van der Waals surface area contributed by atoms with E-state index >= 15 is 0 Å². The van der Waals surface area contributed by atoms with Crippen molar-refractivity contribution in [2.24, 2.45) is 5.92 Å². The molecule has 1 amide bonds. The first-order chi connectivity index (χ1) is 19.2. The number of hydrogen-bond donors (Lipinski definition) is 3. The third kappa shape index (κ3) is 4.64. The molecule has 0 bridgehead atoms. The molecule has 8 heteroatoms.